The average Bonchev–Trinajstić information content (AvgIpc) is 3.44. The fourth-order valence-corrected chi connectivity index (χ4v) is 4.66. The van der Waals surface area contributed by atoms with Crippen molar-refractivity contribution in [2.24, 2.45) is 5.92 Å². The van der Waals surface area contributed by atoms with Gasteiger partial charge >= 0.3 is 0 Å². The number of anilines is 2. The van der Waals surface area contributed by atoms with Crippen LogP contribution in [0.3, 0.4) is 0 Å². The van der Waals surface area contributed by atoms with Gasteiger partial charge in [-0.25, -0.2) is 4.39 Å². The number of hydrogen-bond acceptors (Lipinski definition) is 5. The Morgan fingerprint density at radius 1 is 1.36 bits per heavy atom. The Balaban J connectivity index is 1.47. The van der Waals surface area contributed by atoms with E-state index in [9.17, 15) is 19.2 Å². The molecule has 2 N–H and O–H groups in total. The van der Waals surface area contributed by atoms with Gasteiger partial charge in [-0.05, 0) is 61.9 Å². The molecule has 170 valence electrons. The highest BCUT2D eigenvalue weighted by atomic mass is 19.1. The first kappa shape index (κ1) is 21.2. The lowest BCUT2D eigenvalue weighted by atomic mass is 10.1. The molecule has 1 aliphatic heterocycles. The third-order valence-corrected chi connectivity index (χ3v) is 6.55. The van der Waals surface area contributed by atoms with Crippen molar-refractivity contribution in [3.05, 3.63) is 51.9 Å². The number of hydrogen-bond donors (Lipinski definition) is 2. The summed E-state index contributed by atoms with van der Waals surface area (Å²) in [5.41, 5.74) is 2.40. The number of benzene rings is 1. The Morgan fingerprint density at radius 2 is 2.18 bits per heavy atom. The molecule has 0 spiro atoms. The van der Waals surface area contributed by atoms with Gasteiger partial charge in [-0.3, -0.25) is 14.3 Å². The topological polar surface area (TPSA) is 107 Å². The smallest absolute Gasteiger partial charge is 0.261 e. The lowest BCUT2D eigenvalue weighted by Gasteiger charge is -2.17. The Morgan fingerprint density at radius 3 is 2.85 bits per heavy atom. The molecule has 3 heterocycles. The summed E-state index contributed by atoms with van der Waals surface area (Å²) in [7, 11) is 0. The summed E-state index contributed by atoms with van der Waals surface area (Å²) >= 11 is 0. The quantitative estimate of drug-likeness (QED) is 0.596. The number of nitrogens with zero attached hydrogens (tertiary/aromatic N) is 4. The van der Waals surface area contributed by atoms with E-state index in [-0.39, 0.29) is 24.1 Å². The lowest BCUT2D eigenvalue weighted by Crippen LogP contribution is -2.29. The minimum Gasteiger partial charge on any atom is -0.338 e. The molecule has 2 atom stereocenters. The second-order valence-electron chi connectivity index (χ2n) is 8.92. The summed E-state index contributed by atoms with van der Waals surface area (Å²) in [5, 5.41) is 17.7. The molecule has 2 aliphatic rings. The SMILES string of the molecule is Cc1cc(Nc2nn(C(CC#N)C3CC3)c3cc[nH]c(=O)c23)ccc1C(=O)N1CC[C@H](F)C1. The summed E-state index contributed by atoms with van der Waals surface area (Å²) in [6, 6.07) is 9.29. The summed E-state index contributed by atoms with van der Waals surface area (Å²) in [4.78, 5) is 29.7. The number of nitrogens with one attached hydrogen (secondary N) is 2. The zero-order chi connectivity index (χ0) is 23.1. The molecule has 8 nitrogen and oxygen atoms in total. The van der Waals surface area contributed by atoms with Crippen molar-refractivity contribution in [1.29, 1.82) is 5.26 Å². The Bertz CT molecular complexity index is 1320. The molecule has 3 aromatic rings. The number of carbonyl (C=O) groups excluding carboxylic acids is 1. The standard InChI is InChI=1S/C24H25FN6O2/c1-14-12-17(4-5-18(14)24(33)30-11-8-16(25)13-30)28-22-21-20(7-10-27-23(21)32)31(29-22)19(6-9-26)15-2-3-15/h4-5,7,10,12,15-16,19H,2-3,6,8,11,13H2,1H3,(H,27,32)(H,28,29)/t16-,19?/m0/s1. The van der Waals surface area contributed by atoms with Crippen molar-refractivity contribution in [2.75, 3.05) is 18.4 Å². The lowest BCUT2D eigenvalue weighted by molar-refractivity contribution is 0.0782. The van der Waals surface area contributed by atoms with Crippen LogP contribution in [0.25, 0.3) is 10.9 Å². The van der Waals surface area contributed by atoms with Gasteiger partial charge in [0.15, 0.2) is 5.82 Å². The fourth-order valence-electron chi connectivity index (χ4n) is 4.66. The van der Waals surface area contributed by atoms with E-state index in [0.29, 0.717) is 53.3 Å². The second-order valence-corrected chi connectivity index (χ2v) is 8.92. The molecule has 0 radical (unpaired) electrons. The largest absolute Gasteiger partial charge is 0.338 e. The number of fused-ring (bicyclic) bond motifs is 1. The molecule has 9 heteroatoms. The van der Waals surface area contributed by atoms with Gasteiger partial charge in [-0.15, -0.1) is 0 Å². The number of carbonyl (C=O) groups is 1. The highest BCUT2D eigenvalue weighted by Gasteiger charge is 2.34. The first-order chi connectivity index (χ1) is 16.0. The van der Waals surface area contributed by atoms with Crippen LogP contribution in [0.4, 0.5) is 15.9 Å². The maximum Gasteiger partial charge on any atom is 0.261 e. The molecule has 0 bridgehead atoms. The van der Waals surface area contributed by atoms with Crippen LogP contribution in [0.15, 0.2) is 35.3 Å². The van der Waals surface area contributed by atoms with Gasteiger partial charge in [0, 0.05) is 24.0 Å². The normalized spacial score (nSPS) is 18.9. The van der Waals surface area contributed by atoms with Crippen LogP contribution in [-0.2, 0) is 0 Å². The van der Waals surface area contributed by atoms with Gasteiger partial charge in [-0.2, -0.15) is 10.4 Å². The first-order valence-electron chi connectivity index (χ1n) is 11.2. The van der Waals surface area contributed by atoms with Crippen LogP contribution < -0.4 is 10.9 Å². The van der Waals surface area contributed by atoms with Crippen LogP contribution in [-0.4, -0.2) is 44.8 Å². The van der Waals surface area contributed by atoms with Gasteiger partial charge in [0.25, 0.3) is 11.5 Å². The minimum atomic E-state index is -0.961. The van der Waals surface area contributed by atoms with Gasteiger partial charge in [0.2, 0.25) is 0 Å². The number of likely N-dealkylation sites (tertiary alicyclic amines) is 1. The third kappa shape index (κ3) is 3.97. The number of aromatic amines is 1. The molecule has 33 heavy (non-hydrogen) atoms. The zero-order valence-electron chi connectivity index (χ0n) is 18.3. The summed E-state index contributed by atoms with van der Waals surface area (Å²) in [6.07, 6.45) is 3.44. The molecule has 2 aromatic heterocycles. The number of aromatic nitrogens is 3. The van der Waals surface area contributed by atoms with Crippen LogP contribution in [0, 0.1) is 24.2 Å². The Kier molecular flexibility index (Phi) is 5.36. The third-order valence-electron chi connectivity index (χ3n) is 6.55. The van der Waals surface area contributed by atoms with Gasteiger partial charge in [0.1, 0.15) is 11.6 Å². The van der Waals surface area contributed by atoms with E-state index in [2.05, 4.69) is 16.4 Å². The second kappa shape index (κ2) is 8.35. The molecule has 1 aromatic carbocycles. The zero-order valence-corrected chi connectivity index (χ0v) is 18.3. The number of pyridine rings is 1. The number of alkyl halides is 1. The number of aryl methyl sites for hydroxylation is 1. The Labute approximate surface area is 190 Å². The first-order valence-corrected chi connectivity index (χ1v) is 11.2. The maximum absolute atomic E-state index is 13.5. The summed E-state index contributed by atoms with van der Waals surface area (Å²) < 4.78 is 15.3. The van der Waals surface area contributed by atoms with Crippen LogP contribution >= 0.6 is 0 Å². The maximum atomic E-state index is 13.5. The van der Waals surface area contributed by atoms with Gasteiger partial charge in [-0.1, -0.05) is 0 Å². The summed E-state index contributed by atoms with van der Waals surface area (Å²) in [6.45, 7) is 2.40. The van der Waals surface area contributed by atoms with Gasteiger partial charge < -0.3 is 15.2 Å². The highest BCUT2D eigenvalue weighted by Crippen LogP contribution is 2.43. The van der Waals surface area contributed by atoms with Gasteiger partial charge in [0.05, 0.1) is 30.6 Å². The van der Waals surface area contributed by atoms with Crippen molar-refractivity contribution in [2.45, 2.75) is 44.8 Å². The number of nitriles is 1. The molecule has 1 amide bonds. The average molecular weight is 449 g/mol. The summed E-state index contributed by atoms with van der Waals surface area (Å²) in [5.74, 6) is 0.629. The predicted octanol–water partition coefficient (Wildman–Crippen LogP) is 3.83. The molecule has 5 rings (SSSR count). The van der Waals surface area contributed by atoms with E-state index in [1.54, 1.807) is 27.9 Å². The van der Waals surface area contributed by atoms with Crippen molar-refractivity contribution in [3.8, 4) is 6.07 Å². The predicted molar refractivity (Wildman–Crippen MR) is 122 cm³/mol. The monoisotopic (exact) mass is 448 g/mol. The van der Waals surface area contributed by atoms with E-state index < -0.39 is 6.17 Å². The van der Waals surface area contributed by atoms with Crippen molar-refractivity contribution in [1.82, 2.24) is 19.7 Å². The van der Waals surface area contributed by atoms with Crippen molar-refractivity contribution < 1.29 is 9.18 Å². The van der Waals surface area contributed by atoms with E-state index in [0.717, 1.165) is 18.4 Å². The molecule has 1 aliphatic carbocycles. The highest BCUT2D eigenvalue weighted by molar-refractivity contribution is 5.97. The molecule has 1 saturated heterocycles. The Hall–Kier alpha value is -3.67. The molecule has 1 unspecified atom stereocenters. The number of rotatable bonds is 6. The van der Waals surface area contributed by atoms with Crippen LogP contribution in [0.2, 0.25) is 0 Å². The van der Waals surface area contributed by atoms with Crippen LogP contribution in [0.1, 0.15) is 47.6 Å². The van der Waals surface area contributed by atoms with E-state index in [4.69, 9.17) is 5.10 Å². The molecular weight excluding hydrogens is 423 g/mol. The molecule has 1 saturated carbocycles. The van der Waals surface area contributed by atoms with Crippen molar-refractivity contribution >= 4 is 28.3 Å². The molecule has 2 fully saturated rings. The van der Waals surface area contributed by atoms with E-state index in [1.807, 2.05) is 19.1 Å². The minimum absolute atomic E-state index is 0.0728. The number of H-pyrrole nitrogens is 1. The van der Waals surface area contributed by atoms with E-state index in [1.165, 1.54) is 0 Å². The molecular formula is C24H25FN6O2. The van der Waals surface area contributed by atoms with Crippen molar-refractivity contribution in [3.63, 3.8) is 0 Å². The number of halogens is 1. The fraction of sp³-hybridized carbons (Fsp3) is 0.417. The van der Waals surface area contributed by atoms with Crippen LogP contribution in [0.5, 0.6) is 0 Å². The number of amides is 1. The van der Waals surface area contributed by atoms with E-state index >= 15 is 0 Å².